The fourth-order valence-corrected chi connectivity index (χ4v) is 3.66. The zero-order valence-corrected chi connectivity index (χ0v) is 11.6. The predicted molar refractivity (Wildman–Crippen MR) is 77.2 cm³/mol. The number of rotatable bonds is 2. The van der Waals surface area contributed by atoms with Crippen molar-refractivity contribution in [2.45, 2.75) is 44.2 Å². The third-order valence-electron chi connectivity index (χ3n) is 4.78. The second-order valence-corrected chi connectivity index (χ2v) is 6.05. The lowest BCUT2D eigenvalue weighted by atomic mass is 9.79. The molecule has 0 bridgehead atoms. The molecule has 0 amide bonds. The molecule has 1 aliphatic carbocycles. The van der Waals surface area contributed by atoms with Crippen LogP contribution in [0.1, 0.15) is 37.7 Å². The number of phenolic OH excluding ortho intramolecular Hbond substituents is 1. The number of phenols is 1. The summed E-state index contributed by atoms with van der Waals surface area (Å²) in [4.78, 5) is 2.68. The van der Waals surface area contributed by atoms with Gasteiger partial charge in [0.1, 0.15) is 5.75 Å². The lowest BCUT2D eigenvalue weighted by molar-refractivity contribution is 0.0209. The zero-order chi connectivity index (χ0) is 13.1. The molecule has 2 fully saturated rings. The Hall–Kier alpha value is -1.06. The average Bonchev–Trinajstić information content (AvgIpc) is 2.45. The van der Waals surface area contributed by atoms with E-state index in [4.69, 9.17) is 0 Å². The highest BCUT2D eigenvalue weighted by molar-refractivity contribution is 5.26. The second kappa shape index (κ2) is 5.51. The normalized spacial score (nSPS) is 23.6. The lowest BCUT2D eigenvalue weighted by Crippen LogP contribution is -2.61. The molecule has 0 atom stereocenters. The van der Waals surface area contributed by atoms with Gasteiger partial charge in [-0.3, -0.25) is 4.90 Å². The Bertz CT molecular complexity index is 401. The van der Waals surface area contributed by atoms with Crippen molar-refractivity contribution in [3.8, 4) is 5.75 Å². The minimum atomic E-state index is 0.358. The quantitative estimate of drug-likeness (QED) is 0.857. The monoisotopic (exact) mass is 260 g/mol. The van der Waals surface area contributed by atoms with E-state index in [0.29, 0.717) is 11.3 Å². The highest BCUT2D eigenvalue weighted by atomic mass is 16.3. The molecule has 1 heterocycles. The zero-order valence-electron chi connectivity index (χ0n) is 11.6. The van der Waals surface area contributed by atoms with Gasteiger partial charge in [0, 0.05) is 31.7 Å². The van der Waals surface area contributed by atoms with Gasteiger partial charge in [0.25, 0.3) is 0 Å². The molecule has 0 unspecified atom stereocenters. The maximum Gasteiger partial charge on any atom is 0.115 e. The van der Waals surface area contributed by atoms with Gasteiger partial charge >= 0.3 is 0 Å². The molecular formula is C16H24N2O. The molecule has 0 radical (unpaired) electrons. The number of hydrogen-bond donors (Lipinski definition) is 2. The van der Waals surface area contributed by atoms with Gasteiger partial charge in [-0.15, -0.1) is 0 Å². The Morgan fingerprint density at radius 2 is 1.84 bits per heavy atom. The molecule has 1 saturated heterocycles. The van der Waals surface area contributed by atoms with Gasteiger partial charge < -0.3 is 10.4 Å². The number of hydrogen-bond acceptors (Lipinski definition) is 3. The standard InChI is InChI=1S/C16H24N2O/c19-15-6-4-14(5-7-15)12-18-11-10-17-13-16(18)8-2-1-3-9-16/h4-7,17,19H,1-3,8-13H2. The van der Waals surface area contributed by atoms with Crippen LogP contribution in [-0.4, -0.2) is 35.2 Å². The van der Waals surface area contributed by atoms with Crippen LogP contribution in [-0.2, 0) is 6.54 Å². The van der Waals surface area contributed by atoms with Crippen LogP contribution in [0.2, 0.25) is 0 Å². The Balaban J connectivity index is 1.75. The SMILES string of the molecule is Oc1ccc(CN2CCNCC23CCCCC3)cc1. The Morgan fingerprint density at radius 1 is 1.11 bits per heavy atom. The lowest BCUT2D eigenvalue weighted by Gasteiger charge is -2.50. The van der Waals surface area contributed by atoms with E-state index >= 15 is 0 Å². The molecule has 1 aromatic rings. The van der Waals surface area contributed by atoms with Crippen molar-refractivity contribution < 1.29 is 5.11 Å². The summed E-state index contributed by atoms with van der Waals surface area (Å²) < 4.78 is 0. The van der Waals surface area contributed by atoms with E-state index in [1.165, 1.54) is 37.7 Å². The largest absolute Gasteiger partial charge is 0.508 e. The van der Waals surface area contributed by atoms with E-state index in [2.05, 4.69) is 10.2 Å². The summed E-state index contributed by atoms with van der Waals surface area (Å²) >= 11 is 0. The molecule has 1 saturated carbocycles. The summed E-state index contributed by atoms with van der Waals surface area (Å²) in [6, 6.07) is 7.69. The summed E-state index contributed by atoms with van der Waals surface area (Å²) in [7, 11) is 0. The van der Waals surface area contributed by atoms with Crippen molar-refractivity contribution in [3.05, 3.63) is 29.8 Å². The van der Waals surface area contributed by atoms with Gasteiger partial charge in [0.2, 0.25) is 0 Å². The summed E-state index contributed by atoms with van der Waals surface area (Å²) in [5.74, 6) is 0.358. The van der Waals surface area contributed by atoms with Crippen LogP contribution in [0, 0.1) is 0 Å². The minimum absolute atomic E-state index is 0.358. The first kappa shape index (κ1) is 12.9. The third-order valence-corrected chi connectivity index (χ3v) is 4.78. The smallest absolute Gasteiger partial charge is 0.115 e. The van der Waals surface area contributed by atoms with Gasteiger partial charge in [-0.2, -0.15) is 0 Å². The van der Waals surface area contributed by atoms with Crippen molar-refractivity contribution in [1.82, 2.24) is 10.2 Å². The van der Waals surface area contributed by atoms with E-state index in [9.17, 15) is 5.11 Å². The second-order valence-electron chi connectivity index (χ2n) is 6.05. The Labute approximate surface area is 115 Å². The number of benzene rings is 1. The fraction of sp³-hybridized carbons (Fsp3) is 0.625. The molecule has 3 nitrogen and oxygen atoms in total. The van der Waals surface area contributed by atoms with Gasteiger partial charge in [-0.25, -0.2) is 0 Å². The fourth-order valence-electron chi connectivity index (χ4n) is 3.66. The molecule has 1 aromatic carbocycles. The minimum Gasteiger partial charge on any atom is -0.508 e. The molecule has 3 rings (SSSR count). The van der Waals surface area contributed by atoms with Crippen molar-refractivity contribution in [1.29, 1.82) is 0 Å². The summed E-state index contributed by atoms with van der Waals surface area (Å²) in [6.45, 7) is 4.40. The Morgan fingerprint density at radius 3 is 2.58 bits per heavy atom. The summed E-state index contributed by atoms with van der Waals surface area (Å²) in [5.41, 5.74) is 1.69. The number of nitrogens with one attached hydrogen (secondary N) is 1. The molecule has 2 aliphatic rings. The summed E-state index contributed by atoms with van der Waals surface area (Å²) in [6.07, 6.45) is 6.80. The van der Waals surface area contributed by atoms with Gasteiger partial charge in [-0.1, -0.05) is 31.4 Å². The molecule has 19 heavy (non-hydrogen) atoms. The molecule has 104 valence electrons. The van der Waals surface area contributed by atoms with Crippen LogP contribution in [0.15, 0.2) is 24.3 Å². The first-order valence-corrected chi connectivity index (χ1v) is 7.52. The van der Waals surface area contributed by atoms with Gasteiger partial charge in [0.15, 0.2) is 0 Å². The molecular weight excluding hydrogens is 236 g/mol. The van der Waals surface area contributed by atoms with E-state index in [1.54, 1.807) is 12.1 Å². The van der Waals surface area contributed by atoms with Crippen molar-refractivity contribution >= 4 is 0 Å². The van der Waals surface area contributed by atoms with Crippen molar-refractivity contribution in [2.75, 3.05) is 19.6 Å². The van der Waals surface area contributed by atoms with Gasteiger partial charge in [-0.05, 0) is 30.5 Å². The van der Waals surface area contributed by atoms with Crippen LogP contribution >= 0.6 is 0 Å². The van der Waals surface area contributed by atoms with E-state index in [-0.39, 0.29) is 0 Å². The highest BCUT2D eigenvalue weighted by Crippen LogP contribution is 2.35. The highest BCUT2D eigenvalue weighted by Gasteiger charge is 2.39. The van der Waals surface area contributed by atoms with Crippen LogP contribution in [0.4, 0.5) is 0 Å². The van der Waals surface area contributed by atoms with Crippen LogP contribution in [0.25, 0.3) is 0 Å². The van der Waals surface area contributed by atoms with Crippen molar-refractivity contribution in [3.63, 3.8) is 0 Å². The van der Waals surface area contributed by atoms with Crippen molar-refractivity contribution in [2.24, 2.45) is 0 Å². The van der Waals surface area contributed by atoms with E-state index < -0.39 is 0 Å². The number of piperazine rings is 1. The molecule has 0 aromatic heterocycles. The summed E-state index contributed by atoms with van der Waals surface area (Å²) in [5, 5.41) is 13.0. The van der Waals surface area contributed by atoms with E-state index in [1.807, 2.05) is 12.1 Å². The van der Waals surface area contributed by atoms with Crippen LogP contribution in [0.5, 0.6) is 5.75 Å². The first-order chi connectivity index (χ1) is 9.28. The maximum atomic E-state index is 9.38. The molecule has 1 aliphatic heterocycles. The van der Waals surface area contributed by atoms with Crippen LogP contribution < -0.4 is 5.32 Å². The number of nitrogens with zero attached hydrogens (tertiary/aromatic N) is 1. The van der Waals surface area contributed by atoms with Gasteiger partial charge in [0.05, 0.1) is 0 Å². The predicted octanol–water partition coefficient (Wildman–Crippen LogP) is 2.50. The topological polar surface area (TPSA) is 35.5 Å². The maximum absolute atomic E-state index is 9.38. The molecule has 3 heteroatoms. The third kappa shape index (κ3) is 2.77. The average molecular weight is 260 g/mol. The van der Waals surface area contributed by atoms with Crippen LogP contribution in [0.3, 0.4) is 0 Å². The number of aromatic hydroxyl groups is 1. The molecule has 1 spiro atoms. The first-order valence-electron chi connectivity index (χ1n) is 7.52. The van der Waals surface area contributed by atoms with E-state index in [0.717, 1.165) is 26.2 Å². The molecule has 2 N–H and O–H groups in total. The Kier molecular flexibility index (Phi) is 3.76.